The summed E-state index contributed by atoms with van der Waals surface area (Å²) in [7, 11) is 1.49. The zero-order valence-corrected chi connectivity index (χ0v) is 7.27. The van der Waals surface area contributed by atoms with E-state index in [1.165, 1.54) is 13.3 Å². The molecule has 0 amide bonds. The molecule has 1 aromatic carbocycles. The molecule has 4 nitrogen and oxygen atoms in total. The molecule has 70 valence electrons. The number of oxime groups is 1. The van der Waals surface area contributed by atoms with Crippen LogP contribution in [-0.4, -0.2) is 23.6 Å². The van der Waals surface area contributed by atoms with Crippen LogP contribution in [0.3, 0.4) is 0 Å². The lowest BCUT2D eigenvalue weighted by Gasteiger charge is -2.04. The van der Waals surface area contributed by atoms with E-state index in [0.29, 0.717) is 12.2 Å². The van der Waals surface area contributed by atoms with Gasteiger partial charge in [0.05, 0.1) is 7.11 Å². The second kappa shape index (κ2) is 4.35. The molecule has 0 aliphatic rings. The van der Waals surface area contributed by atoms with Gasteiger partial charge in [-0.2, -0.15) is 0 Å². The number of hydrogen-bond acceptors (Lipinski definition) is 4. The fourth-order valence-corrected chi connectivity index (χ4v) is 0.995. The first-order valence-corrected chi connectivity index (χ1v) is 3.79. The van der Waals surface area contributed by atoms with Crippen LogP contribution in [0.25, 0.3) is 0 Å². The van der Waals surface area contributed by atoms with Crippen LogP contribution in [0.5, 0.6) is 11.5 Å². The van der Waals surface area contributed by atoms with Gasteiger partial charge in [0.2, 0.25) is 0 Å². The predicted octanol–water partition coefficient (Wildman–Crippen LogP) is 1.40. The van der Waals surface area contributed by atoms with Crippen LogP contribution in [0.1, 0.15) is 5.56 Å². The number of aromatic hydroxyl groups is 1. The Morgan fingerprint density at radius 3 is 2.92 bits per heavy atom. The second-order valence-electron chi connectivity index (χ2n) is 2.51. The first kappa shape index (κ1) is 9.38. The maximum absolute atomic E-state index is 9.25. The van der Waals surface area contributed by atoms with Crippen molar-refractivity contribution in [2.45, 2.75) is 6.42 Å². The minimum absolute atomic E-state index is 0.104. The smallest absolute Gasteiger partial charge is 0.160 e. The summed E-state index contributed by atoms with van der Waals surface area (Å²) >= 11 is 0. The van der Waals surface area contributed by atoms with E-state index in [9.17, 15) is 5.11 Å². The Morgan fingerprint density at radius 1 is 1.54 bits per heavy atom. The third kappa shape index (κ3) is 2.37. The monoisotopic (exact) mass is 181 g/mol. The average molecular weight is 181 g/mol. The Hall–Kier alpha value is -1.71. The molecule has 13 heavy (non-hydrogen) atoms. The molecule has 0 unspecified atom stereocenters. The highest BCUT2D eigenvalue weighted by molar-refractivity contribution is 5.61. The van der Waals surface area contributed by atoms with E-state index in [1.807, 2.05) is 0 Å². The number of hydrogen-bond donors (Lipinski definition) is 2. The second-order valence-corrected chi connectivity index (χ2v) is 2.51. The molecule has 0 atom stereocenters. The van der Waals surface area contributed by atoms with Crippen LogP contribution < -0.4 is 4.74 Å². The highest BCUT2D eigenvalue weighted by Gasteiger charge is 2.00. The van der Waals surface area contributed by atoms with Crippen LogP contribution in [-0.2, 0) is 6.42 Å². The molecule has 2 N–H and O–H groups in total. The van der Waals surface area contributed by atoms with Crippen molar-refractivity contribution < 1.29 is 15.1 Å². The van der Waals surface area contributed by atoms with Gasteiger partial charge in [-0.1, -0.05) is 6.07 Å². The van der Waals surface area contributed by atoms with Gasteiger partial charge in [-0.05, 0) is 17.7 Å². The Labute approximate surface area is 76.1 Å². The third-order valence-corrected chi connectivity index (χ3v) is 1.65. The number of phenols is 1. The van der Waals surface area contributed by atoms with Gasteiger partial charge >= 0.3 is 0 Å². The van der Waals surface area contributed by atoms with Crippen LogP contribution in [0.4, 0.5) is 0 Å². The van der Waals surface area contributed by atoms with E-state index in [2.05, 4.69) is 5.16 Å². The topological polar surface area (TPSA) is 62.0 Å². The van der Waals surface area contributed by atoms with Gasteiger partial charge in [-0.3, -0.25) is 0 Å². The van der Waals surface area contributed by atoms with E-state index in [0.717, 1.165) is 5.56 Å². The van der Waals surface area contributed by atoms with E-state index in [-0.39, 0.29) is 5.75 Å². The fraction of sp³-hybridized carbons (Fsp3) is 0.222. The number of phenolic OH excluding ortho intramolecular Hbond substituents is 1. The molecule has 1 rings (SSSR count). The summed E-state index contributed by atoms with van der Waals surface area (Å²) < 4.78 is 4.91. The molecule has 0 bridgehead atoms. The molecule has 0 aliphatic heterocycles. The van der Waals surface area contributed by atoms with Gasteiger partial charge in [-0.15, -0.1) is 5.16 Å². The standard InChI is InChI=1S/C9H11NO3/c1-13-9-6-7(4-5-10-12)2-3-8(9)11/h2-3,5-6,11-12H,4H2,1H3/b10-5+. The molecule has 0 fully saturated rings. The van der Waals surface area contributed by atoms with Gasteiger partial charge < -0.3 is 15.1 Å². The molecule has 0 saturated carbocycles. The largest absolute Gasteiger partial charge is 0.504 e. The van der Waals surface area contributed by atoms with Crippen molar-refractivity contribution >= 4 is 6.21 Å². The maximum Gasteiger partial charge on any atom is 0.160 e. The molecule has 0 aromatic heterocycles. The molecule has 0 radical (unpaired) electrons. The molecule has 0 spiro atoms. The molecular formula is C9H11NO3. The predicted molar refractivity (Wildman–Crippen MR) is 48.6 cm³/mol. The van der Waals surface area contributed by atoms with Crippen molar-refractivity contribution in [3.05, 3.63) is 23.8 Å². The molecule has 0 aliphatic carbocycles. The van der Waals surface area contributed by atoms with Gasteiger partial charge in [0.25, 0.3) is 0 Å². The summed E-state index contributed by atoms with van der Waals surface area (Å²) in [5, 5.41) is 20.3. The average Bonchev–Trinajstić information content (AvgIpc) is 2.16. The van der Waals surface area contributed by atoms with Crippen LogP contribution in [0.2, 0.25) is 0 Å². The zero-order chi connectivity index (χ0) is 9.68. The van der Waals surface area contributed by atoms with Gasteiger partial charge in [0.15, 0.2) is 11.5 Å². The lowest BCUT2D eigenvalue weighted by Crippen LogP contribution is -1.89. The van der Waals surface area contributed by atoms with Crippen LogP contribution >= 0.6 is 0 Å². The van der Waals surface area contributed by atoms with E-state index >= 15 is 0 Å². The van der Waals surface area contributed by atoms with Crippen molar-refractivity contribution in [3.63, 3.8) is 0 Å². The van der Waals surface area contributed by atoms with E-state index < -0.39 is 0 Å². The Kier molecular flexibility index (Phi) is 3.14. The summed E-state index contributed by atoms with van der Waals surface area (Å²) in [6.45, 7) is 0. The fourth-order valence-electron chi connectivity index (χ4n) is 0.995. The summed E-state index contributed by atoms with van der Waals surface area (Å²) in [6, 6.07) is 4.97. The molecular weight excluding hydrogens is 170 g/mol. The van der Waals surface area contributed by atoms with Crippen molar-refractivity contribution in [2.75, 3.05) is 7.11 Å². The van der Waals surface area contributed by atoms with Crippen molar-refractivity contribution in [3.8, 4) is 11.5 Å². The minimum Gasteiger partial charge on any atom is -0.504 e. The van der Waals surface area contributed by atoms with Gasteiger partial charge in [-0.25, -0.2) is 0 Å². The number of ether oxygens (including phenoxy) is 1. The normalized spacial score (nSPS) is 10.5. The first-order chi connectivity index (χ1) is 6.27. The highest BCUT2D eigenvalue weighted by Crippen LogP contribution is 2.26. The van der Waals surface area contributed by atoms with Crippen molar-refractivity contribution in [1.29, 1.82) is 0 Å². The number of nitrogens with zero attached hydrogens (tertiary/aromatic N) is 1. The summed E-state index contributed by atoms with van der Waals surface area (Å²) in [5.74, 6) is 0.524. The Bertz CT molecular complexity index is 310. The van der Waals surface area contributed by atoms with Crippen molar-refractivity contribution in [1.82, 2.24) is 0 Å². The Balaban J connectivity index is 2.86. The van der Waals surface area contributed by atoms with E-state index in [1.54, 1.807) is 18.2 Å². The number of rotatable bonds is 3. The van der Waals surface area contributed by atoms with Gasteiger partial charge in [0.1, 0.15) is 0 Å². The quantitative estimate of drug-likeness (QED) is 0.421. The first-order valence-electron chi connectivity index (χ1n) is 3.79. The Morgan fingerprint density at radius 2 is 2.31 bits per heavy atom. The van der Waals surface area contributed by atoms with E-state index in [4.69, 9.17) is 9.94 Å². The minimum atomic E-state index is 0.104. The van der Waals surface area contributed by atoms with Crippen molar-refractivity contribution in [2.24, 2.45) is 5.16 Å². The summed E-state index contributed by atoms with van der Waals surface area (Å²) in [6.07, 6.45) is 1.87. The number of benzene rings is 1. The van der Waals surface area contributed by atoms with Crippen LogP contribution in [0, 0.1) is 0 Å². The van der Waals surface area contributed by atoms with Crippen LogP contribution in [0.15, 0.2) is 23.4 Å². The lowest BCUT2D eigenvalue weighted by atomic mass is 10.1. The summed E-state index contributed by atoms with van der Waals surface area (Å²) in [4.78, 5) is 0. The number of methoxy groups -OCH3 is 1. The molecule has 0 saturated heterocycles. The SMILES string of the molecule is COc1cc(C/C=N/O)ccc1O. The third-order valence-electron chi connectivity index (χ3n) is 1.65. The maximum atomic E-state index is 9.25. The molecule has 4 heteroatoms. The zero-order valence-electron chi connectivity index (χ0n) is 7.27. The summed E-state index contributed by atoms with van der Waals surface area (Å²) in [5.41, 5.74) is 0.910. The molecule has 1 aromatic rings. The highest BCUT2D eigenvalue weighted by atomic mass is 16.5. The molecule has 0 heterocycles. The lowest BCUT2D eigenvalue weighted by molar-refractivity contribution is 0.320. The van der Waals surface area contributed by atoms with Gasteiger partial charge in [0, 0.05) is 12.6 Å².